The van der Waals surface area contributed by atoms with E-state index in [0.717, 1.165) is 6.92 Å². The van der Waals surface area contributed by atoms with E-state index < -0.39 is 26.8 Å². The molecule has 0 aliphatic carbocycles. The zero-order valence-electron chi connectivity index (χ0n) is 9.08. The molecule has 0 spiro atoms. The molecular formula is C10H12N2O4S. The van der Waals surface area contributed by atoms with E-state index >= 15 is 0 Å². The number of anilines is 1. The normalized spacial score (nSPS) is 13.0. The van der Waals surface area contributed by atoms with Crippen LogP contribution in [0.1, 0.15) is 6.92 Å². The van der Waals surface area contributed by atoms with Crippen LogP contribution in [0.3, 0.4) is 0 Å². The molecule has 0 saturated heterocycles. The number of amides is 1. The minimum Gasteiger partial charge on any atom is -0.399 e. The van der Waals surface area contributed by atoms with Crippen molar-refractivity contribution in [2.45, 2.75) is 17.1 Å². The third-order valence-electron chi connectivity index (χ3n) is 2.15. The summed E-state index contributed by atoms with van der Waals surface area (Å²) in [5, 5.41) is -1.86. The summed E-state index contributed by atoms with van der Waals surface area (Å²) in [4.78, 5) is 22.0. The predicted octanol–water partition coefficient (Wildman–Crippen LogP) is -0.515. The van der Waals surface area contributed by atoms with Gasteiger partial charge in [0, 0.05) is 5.69 Å². The van der Waals surface area contributed by atoms with E-state index in [9.17, 15) is 18.0 Å². The van der Waals surface area contributed by atoms with Gasteiger partial charge in [0.2, 0.25) is 11.2 Å². The molecule has 92 valence electrons. The lowest BCUT2D eigenvalue weighted by Crippen LogP contribution is -2.41. The van der Waals surface area contributed by atoms with Crippen LogP contribution in [-0.2, 0) is 19.4 Å². The highest BCUT2D eigenvalue weighted by Gasteiger charge is 2.36. The Bertz CT molecular complexity index is 534. The summed E-state index contributed by atoms with van der Waals surface area (Å²) in [5.41, 5.74) is 10.7. The van der Waals surface area contributed by atoms with Gasteiger partial charge in [0.15, 0.2) is 15.6 Å². The highest BCUT2D eigenvalue weighted by atomic mass is 32.2. The Morgan fingerprint density at radius 2 is 1.65 bits per heavy atom. The van der Waals surface area contributed by atoms with Gasteiger partial charge in [-0.3, -0.25) is 9.59 Å². The van der Waals surface area contributed by atoms with E-state index in [2.05, 4.69) is 0 Å². The zero-order valence-corrected chi connectivity index (χ0v) is 9.90. The number of primary amides is 1. The number of benzene rings is 1. The van der Waals surface area contributed by atoms with Gasteiger partial charge in [0.05, 0.1) is 4.90 Å². The van der Waals surface area contributed by atoms with Gasteiger partial charge < -0.3 is 11.5 Å². The molecule has 0 fully saturated rings. The third-order valence-corrected chi connectivity index (χ3v) is 4.26. The summed E-state index contributed by atoms with van der Waals surface area (Å²) in [6.45, 7) is 1.00. The van der Waals surface area contributed by atoms with Gasteiger partial charge in [0.1, 0.15) is 0 Å². The van der Waals surface area contributed by atoms with E-state index in [1.807, 2.05) is 0 Å². The fourth-order valence-corrected chi connectivity index (χ4v) is 2.90. The number of sulfone groups is 1. The molecule has 17 heavy (non-hydrogen) atoms. The molecule has 7 heteroatoms. The second kappa shape index (κ2) is 4.54. The largest absolute Gasteiger partial charge is 0.399 e. The first-order chi connectivity index (χ1) is 7.76. The number of ketones is 1. The minimum atomic E-state index is -4.10. The number of nitrogen functional groups attached to an aromatic ring is 1. The summed E-state index contributed by atoms with van der Waals surface area (Å²) < 4.78 is 23.9. The highest BCUT2D eigenvalue weighted by molar-refractivity contribution is 7.93. The van der Waals surface area contributed by atoms with Crippen molar-refractivity contribution in [2.24, 2.45) is 5.73 Å². The van der Waals surface area contributed by atoms with Crippen LogP contribution in [0.5, 0.6) is 0 Å². The standard InChI is InChI=1S/C10H12N2O4S/c1-6(13)9(10(12)14)17(15,16)8-4-2-7(11)3-5-8/h2-5,9H,11H2,1H3,(H2,12,14). The van der Waals surface area contributed by atoms with Crippen LogP contribution in [0.4, 0.5) is 5.69 Å². The highest BCUT2D eigenvalue weighted by Crippen LogP contribution is 2.18. The first-order valence-electron chi connectivity index (χ1n) is 4.66. The fraction of sp³-hybridized carbons (Fsp3) is 0.200. The molecule has 0 saturated carbocycles. The maximum Gasteiger partial charge on any atom is 0.243 e. The fourth-order valence-electron chi connectivity index (χ4n) is 1.37. The van der Waals surface area contributed by atoms with Crippen LogP contribution in [-0.4, -0.2) is 25.4 Å². The van der Waals surface area contributed by atoms with Gasteiger partial charge in [-0.2, -0.15) is 0 Å². The Morgan fingerprint density at radius 3 is 2.00 bits per heavy atom. The molecular weight excluding hydrogens is 244 g/mol. The zero-order chi connectivity index (χ0) is 13.2. The van der Waals surface area contributed by atoms with E-state index in [1.165, 1.54) is 24.3 Å². The number of hydrogen-bond acceptors (Lipinski definition) is 5. The SMILES string of the molecule is CC(=O)C(C(N)=O)S(=O)(=O)c1ccc(N)cc1. The molecule has 0 heterocycles. The van der Waals surface area contributed by atoms with E-state index in [0.29, 0.717) is 5.69 Å². The van der Waals surface area contributed by atoms with Gasteiger partial charge in [0.25, 0.3) is 0 Å². The Balaban J connectivity index is 3.31. The second-order valence-corrected chi connectivity index (χ2v) is 5.54. The van der Waals surface area contributed by atoms with E-state index in [1.54, 1.807) is 0 Å². The Hall–Kier alpha value is -1.89. The molecule has 1 rings (SSSR count). The van der Waals surface area contributed by atoms with Gasteiger partial charge in [-0.05, 0) is 31.2 Å². The van der Waals surface area contributed by atoms with Crippen molar-refractivity contribution in [3.05, 3.63) is 24.3 Å². The average Bonchev–Trinajstić information content (AvgIpc) is 2.16. The van der Waals surface area contributed by atoms with Gasteiger partial charge in [-0.1, -0.05) is 0 Å². The molecule has 1 aromatic rings. The van der Waals surface area contributed by atoms with Crippen molar-refractivity contribution in [1.29, 1.82) is 0 Å². The monoisotopic (exact) mass is 256 g/mol. The van der Waals surface area contributed by atoms with Crippen LogP contribution < -0.4 is 11.5 Å². The molecule has 1 atom stereocenters. The van der Waals surface area contributed by atoms with Gasteiger partial charge >= 0.3 is 0 Å². The molecule has 0 bridgehead atoms. The lowest BCUT2D eigenvalue weighted by atomic mass is 10.3. The topological polar surface area (TPSA) is 120 Å². The molecule has 0 aliphatic heterocycles. The molecule has 6 nitrogen and oxygen atoms in total. The number of nitrogens with two attached hydrogens (primary N) is 2. The van der Waals surface area contributed by atoms with Crippen molar-refractivity contribution < 1.29 is 18.0 Å². The van der Waals surface area contributed by atoms with E-state index in [4.69, 9.17) is 11.5 Å². The molecule has 1 unspecified atom stereocenters. The summed E-state index contributed by atoms with van der Waals surface area (Å²) in [6, 6.07) is 5.18. The molecule has 1 aromatic carbocycles. The summed E-state index contributed by atoms with van der Waals surface area (Å²) in [6.07, 6.45) is 0. The van der Waals surface area contributed by atoms with Crippen molar-refractivity contribution in [1.82, 2.24) is 0 Å². The number of Topliss-reactive ketones (excluding diaryl/α,β-unsaturated/α-hetero) is 1. The molecule has 0 aromatic heterocycles. The first-order valence-corrected chi connectivity index (χ1v) is 6.20. The summed E-state index contributed by atoms with van der Waals surface area (Å²) in [7, 11) is -4.10. The smallest absolute Gasteiger partial charge is 0.243 e. The van der Waals surface area contributed by atoms with Crippen molar-refractivity contribution >= 4 is 27.2 Å². The molecule has 1 amide bonds. The number of carbonyl (C=O) groups is 2. The number of carbonyl (C=O) groups excluding carboxylic acids is 2. The maximum atomic E-state index is 12.0. The third kappa shape index (κ3) is 2.62. The minimum absolute atomic E-state index is 0.161. The first kappa shape index (κ1) is 13.2. The molecule has 0 radical (unpaired) electrons. The Morgan fingerprint density at radius 1 is 1.18 bits per heavy atom. The predicted molar refractivity (Wildman–Crippen MR) is 61.7 cm³/mol. The van der Waals surface area contributed by atoms with Crippen LogP contribution >= 0.6 is 0 Å². The second-order valence-electron chi connectivity index (χ2n) is 3.51. The van der Waals surface area contributed by atoms with Gasteiger partial charge in [-0.15, -0.1) is 0 Å². The van der Waals surface area contributed by atoms with E-state index in [-0.39, 0.29) is 4.90 Å². The van der Waals surface area contributed by atoms with Crippen LogP contribution in [0.15, 0.2) is 29.2 Å². The lowest BCUT2D eigenvalue weighted by molar-refractivity contribution is -0.124. The van der Waals surface area contributed by atoms with Crippen molar-refractivity contribution in [2.75, 3.05) is 5.73 Å². The van der Waals surface area contributed by atoms with Crippen molar-refractivity contribution in [3.63, 3.8) is 0 Å². The van der Waals surface area contributed by atoms with Crippen LogP contribution in [0.2, 0.25) is 0 Å². The number of rotatable bonds is 4. The molecule has 4 N–H and O–H groups in total. The Kier molecular flexibility index (Phi) is 3.52. The molecule has 0 aliphatic rings. The number of hydrogen-bond donors (Lipinski definition) is 2. The van der Waals surface area contributed by atoms with Crippen molar-refractivity contribution in [3.8, 4) is 0 Å². The lowest BCUT2D eigenvalue weighted by Gasteiger charge is -2.11. The van der Waals surface area contributed by atoms with Crippen LogP contribution in [0, 0.1) is 0 Å². The summed E-state index contributed by atoms with van der Waals surface area (Å²) in [5.74, 6) is -2.00. The average molecular weight is 256 g/mol. The quantitative estimate of drug-likeness (QED) is 0.555. The maximum absolute atomic E-state index is 12.0. The Labute approximate surface area is 98.5 Å². The summed E-state index contributed by atoms with van der Waals surface area (Å²) >= 11 is 0. The van der Waals surface area contributed by atoms with Gasteiger partial charge in [-0.25, -0.2) is 8.42 Å². The van der Waals surface area contributed by atoms with Crippen LogP contribution in [0.25, 0.3) is 0 Å².